The largest absolute Gasteiger partial charge is 0.307 e. The van der Waals surface area contributed by atoms with Gasteiger partial charge in [0, 0.05) is 29.1 Å². The molecule has 0 bridgehead atoms. The van der Waals surface area contributed by atoms with Crippen molar-refractivity contribution in [3.8, 4) is 0 Å². The van der Waals surface area contributed by atoms with E-state index in [2.05, 4.69) is 10.9 Å². The van der Waals surface area contributed by atoms with Crippen LogP contribution in [-0.2, 0) is 11.3 Å². The van der Waals surface area contributed by atoms with E-state index in [1.165, 1.54) is 12.1 Å². The highest BCUT2D eigenvalue weighted by molar-refractivity contribution is 7.07. The van der Waals surface area contributed by atoms with Crippen LogP contribution in [0.3, 0.4) is 0 Å². The SMILES string of the molecule is Cc1csc(=O)n1CCC(=O)NNc1c(Cl)cc(Cl)cc1Cl. The number of thiazole rings is 1. The highest BCUT2D eigenvalue weighted by atomic mass is 35.5. The van der Waals surface area contributed by atoms with Gasteiger partial charge < -0.3 is 4.57 Å². The lowest BCUT2D eigenvalue weighted by atomic mass is 10.3. The van der Waals surface area contributed by atoms with Gasteiger partial charge >= 0.3 is 4.87 Å². The molecule has 0 unspecified atom stereocenters. The van der Waals surface area contributed by atoms with Gasteiger partial charge in [-0.05, 0) is 19.1 Å². The minimum atomic E-state index is -0.292. The van der Waals surface area contributed by atoms with Gasteiger partial charge in [-0.15, -0.1) is 0 Å². The summed E-state index contributed by atoms with van der Waals surface area (Å²) < 4.78 is 1.55. The first-order chi connectivity index (χ1) is 10.4. The lowest BCUT2D eigenvalue weighted by Gasteiger charge is -2.12. The number of nitrogens with one attached hydrogen (secondary N) is 2. The van der Waals surface area contributed by atoms with Crippen LogP contribution in [-0.4, -0.2) is 10.5 Å². The molecule has 0 saturated heterocycles. The van der Waals surface area contributed by atoms with Crippen molar-refractivity contribution in [2.45, 2.75) is 19.9 Å². The van der Waals surface area contributed by atoms with Crippen LogP contribution >= 0.6 is 46.1 Å². The van der Waals surface area contributed by atoms with E-state index in [1.54, 1.807) is 9.95 Å². The molecule has 1 aromatic heterocycles. The summed E-state index contributed by atoms with van der Waals surface area (Å²) in [5.74, 6) is -0.292. The fourth-order valence-electron chi connectivity index (χ4n) is 1.74. The summed E-state index contributed by atoms with van der Waals surface area (Å²) in [6.45, 7) is 2.13. The van der Waals surface area contributed by atoms with Gasteiger partial charge in [0.1, 0.15) is 0 Å². The predicted molar refractivity (Wildman–Crippen MR) is 91.2 cm³/mol. The Hall–Kier alpha value is -1.21. The number of hydrazine groups is 1. The second-order valence-corrected chi connectivity index (χ2v) is 6.53. The van der Waals surface area contributed by atoms with E-state index in [-0.39, 0.29) is 17.2 Å². The fraction of sp³-hybridized carbons (Fsp3) is 0.231. The van der Waals surface area contributed by atoms with Crippen molar-refractivity contribution in [3.05, 3.63) is 47.9 Å². The number of amides is 1. The molecular weight excluding hydrogens is 369 g/mol. The van der Waals surface area contributed by atoms with E-state index < -0.39 is 0 Å². The van der Waals surface area contributed by atoms with Crippen LogP contribution in [0.4, 0.5) is 5.69 Å². The van der Waals surface area contributed by atoms with E-state index in [0.29, 0.717) is 27.3 Å². The molecule has 0 aliphatic rings. The Bertz CT molecular complexity index is 734. The van der Waals surface area contributed by atoms with Crippen molar-refractivity contribution < 1.29 is 4.79 Å². The molecule has 22 heavy (non-hydrogen) atoms. The van der Waals surface area contributed by atoms with Crippen molar-refractivity contribution in [2.24, 2.45) is 0 Å². The number of rotatable bonds is 5. The van der Waals surface area contributed by atoms with Crippen molar-refractivity contribution in [1.82, 2.24) is 9.99 Å². The first-order valence-corrected chi connectivity index (χ1v) is 8.24. The molecular formula is C13H12Cl3N3O2S. The molecule has 2 N–H and O–H groups in total. The maximum atomic E-state index is 11.8. The van der Waals surface area contributed by atoms with Crippen LogP contribution in [0.2, 0.25) is 15.1 Å². The maximum Gasteiger partial charge on any atom is 0.307 e. The third-order valence-corrected chi connectivity index (χ3v) is 4.57. The second kappa shape index (κ2) is 7.37. The van der Waals surface area contributed by atoms with E-state index >= 15 is 0 Å². The number of aromatic nitrogens is 1. The summed E-state index contributed by atoms with van der Waals surface area (Å²) in [5, 5.41) is 2.75. The number of hydrogen-bond acceptors (Lipinski definition) is 4. The van der Waals surface area contributed by atoms with E-state index in [9.17, 15) is 9.59 Å². The maximum absolute atomic E-state index is 11.8. The van der Waals surface area contributed by atoms with Crippen molar-refractivity contribution in [3.63, 3.8) is 0 Å². The molecule has 1 amide bonds. The zero-order valence-corrected chi connectivity index (χ0v) is 14.5. The average molecular weight is 381 g/mol. The molecule has 1 heterocycles. The van der Waals surface area contributed by atoms with Gasteiger partial charge in [-0.25, -0.2) is 0 Å². The van der Waals surface area contributed by atoms with Crippen molar-refractivity contribution in [1.29, 1.82) is 0 Å². The number of hydrogen-bond donors (Lipinski definition) is 2. The summed E-state index contributed by atoms with van der Waals surface area (Å²) in [7, 11) is 0. The molecule has 0 atom stereocenters. The molecule has 2 rings (SSSR count). The third kappa shape index (κ3) is 4.16. The Morgan fingerprint density at radius 1 is 1.27 bits per heavy atom. The molecule has 0 radical (unpaired) electrons. The molecule has 0 spiro atoms. The summed E-state index contributed by atoms with van der Waals surface area (Å²) in [5.41, 5.74) is 6.35. The number of carbonyl (C=O) groups is 1. The fourth-order valence-corrected chi connectivity index (χ4v) is 3.42. The van der Waals surface area contributed by atoms with Crippen LogP contribution in [0, 0.1) is 6.92 Å². The first kappa shape index (κ1) is 17.1. The topological polar surface area (TPSA) is 63.1 Å². The normalized spacial score (nSPS) is 10.5. The van der Waals surface area contributed by atoms with Gasteiger partial charge in [-0.1, -0.05) is 46.1 Å². The van der Waals surface area contributed by atoms with Crippen LogP contribution < -0.4 is 15.7 Å². The van der Waals surface area contributed by atoms with E-state index in [1.807, 2.05) is 6.92 Å². The molecule has 9 heteroatoms. The Balaban J connectivity index is 1.93. The summed E-state index contributed by atoms with van der Waals surface area (Å²) in [4.78, 5) is 23.3. The van der Waals surface area contributed by atoms with Gasteiger partial charge in [-0.2, -0.15) is 0 Å². The van der Waals surface area contributed by atoms with Crippen molar-refractivity contribution >= 4 is 57.7 Å². The number of halogens is 3. The Kier molecular flexibility index (Phi) is 5.74. The van der Waals surface area contributed by atoms with Gasteiger partial charge in [0.05, 0.1) is 15.7 Å². The molecule has 0 saturated carbocycles. The Morgan fingerprint density at radius 3 is 2.45 bits per heavy atom. The lowest BCUT2D eigenvalue weighted by molar-refractivity contribution is -0.120. The lowest BCUT2D eigenvalue weighted by Crippen LogP contribution is -2.31. The van der Waals surface area contributed by atoms with Crippen LogP contribution in [0.1, 0.15) is 12.1 Å². The minimum absolute atomic E-state index is 0.0814. The zero-order chi connectivity index (χ0) is 16.3. The summed E-state index contributed by atoms with van der Waals surface area (Å²) in [6, 6.07) is 3.02. The Labute approximate surface area is 145 Å². The van der Waals surface area contributed by atoms with Gasteiger partial charge in [0.2, 0.25) is 5.91 Å². The average Bonchev–Trinajstić information content (AvgIpc) is 2.74. The molecule has 1 aromatic carbocycles. The first-order valence-electron chi connectivity index (χ1n) is 6.23. The highest BCUT2D eigenvalue weighted by Crippen LogP contribution is 2.33. The number of aryl methyl sites for hydroxylation is 1. The predicted octanol–water partition coefficient (Wildman–Crippen LogP) is 3.71. The number of nitrogens with zero attached hydrogens (tertiary/aromatic N) is 1. The van der Waals surface area contributed by atoms with Gasteiger partial charge in [0.15, 0.2) is 0 Å². The molecule has 0 aliphatic carbocycles. The number of anilines is 1. The monoisotopic (exact) mass is 379 g/mol. The quantitative estimate of drug-likeness (QED) is 0.777. The summed E-state index contributed by atoms with van der Waals surface area (Å²) in [6.07, 6.45) is 0.146. The molecule has 2 aromatic rings. The zero-order valence-electron chi connectivity index (χ0n) is 11.5. The number of carbonyl (C=O) groups excluding carboxylic acids is 1. The van der Waals surface area contributed by atoms with Crippen LogP contribution in [0.5, 0.6) is 0 Å². The van der Waals surface area contributed by atoms with Gasteiger partial charge in [0.25, 0.3) is 0 Å². The standard InChI is InChI=1S/C13H12Cl3N3O2S/c1-7-6-22-13(21)19(7)3-2-11(20)17-18-12-9(15)4-8(14)5-10(12)16/h4-6,18H,2-3H2,1H3,(H,17,20). The van der Waals surface area contributed by atoms with Crippen molar-refractivity contribution in [2.75, 3.05) is 5.43 Å². The van der Waals surface area contributed by atoms with Gasteiger partial charge in [-0.3, -0.25) is 20.4 Å². The molecule has 0 aliphatic heterocycles. The van der Waals surface area contributed by atoms with Crippen LogP contribution in [0.25, 0.3) is 0 Å². The molecule has 118 valence electrons. The minimum Gasteiger partial charge on any atom is -0.303 e. The molecule has 0 fully saturated rings. The number of benzene rings is 1. The Morgan fingerprint density at radius 2 is 1.91 bits per heavy atom. The van der Waals surface area contributed by atoms with E-state index in [0.717, 1.165) is 17.0 Å². The van der Waals surface area contributed by atoms with Crippen LogP contribution in [0.15, 0.2) is 22.3 Å². The summed E-state index contributed by atoms with van der Waals surface area (Å²) >= 11 is 18.9. The highest BCUT2D eigenvalue weighted by Gasteiger charge is 2.10. The second-order valence-electron chi connectivity index (χ2n) is 4.46. The van der Waals surface area contributed by atoms with E-state index in [4.69, 9.17) is 34.8 Å². The third-order valence-electron chi connectivity index (χ3n) is 2.87. The molecule has 5 nitrogen and oxygen atoms in total. The smallest absolute Gasteiger partial charge is 0.303 e.